The molecule has 0 fully saturated rings. The average molecular weight is 320 g/mol. The second kappa shape index (κ2) is 7.11. The molecule has 0 amide bonds. The Hall–Kier alpha value is -1.91. The van der Waals surface area contributed by atoms with Crippen molar-refractivity contribution in [2.75, 3.05) is 6.16 Å². The summed E-state index contributed by atoms with van der Waals surface area (Å²) in [6, 6.07) is 31.3. The molecule has 0 bridgehead atoms. The molecule has 0 N–H and O–H groups in total. The molecule has 0 saturated carbocycles. The van der Waals surface area contributed by atoms with Gasteiger partial charge in [0.05, 0.1) is 0 Å². The van der Waals surface area contributed by atoms with Gasteiger partial charge in [-0.05, 0) is 0 Å². The van der Waals surface area contributed by atoms with Gasteiger partial charge in [-0.25, -0.2) is 0 Å². The summed E-state index contributed by atoms with van der Waals surface area (Å²) in [7, 11) is -1.96. The quantitative estimate of drug-likeness (QED) is 0.615. The van der Waals surface area contributed by atoms with Crippen LogP contribution in [0.4, 0.5) is 0 Å². The van der Waals surface area contributed by atoms with Crippen LogP contribution in [0.15, 0.2) is 84.9 Å². The molecule has 0 nitrogen and oxygen atoms in total. The molecule has 3 rings (SSSR count). The van der Waals surface area contributed by atoms with Crippen LogP contribution in [0.5, 0.6) is 0 Å². The summed E-state index contributed by atoms with van der Waals surface area (Å²) in [6.07, 6.45) is 2.27. The van der Waals surface area contributed by atoms with Crippen molar-refractivity contribution in [1.29, 1.82) is 0 Å². The molecule has 3 aromatic carbocycles. The zero-order valence-corrected chi connectivity index (χ0v) is 15.0. The zero-order chi connectivity index (χ0) is 16.1. The van der Waals surface area contributed by atoms with Crippen molar-refractivity contribution in [3.63, 3.8) is 0 Å². The molecule has 0 radical (unpaired) electrons. The molecule has 0 aliphatic rings. The van der Waals surface area contributed by atoms with Gasteiger partial charge in [-0.3, -0.25) is 0 Å². The van der Waals surface area contributed by atoms with E-state index >= 15 is 0 Å². The first-order chi connectivity index (χ1) is 11.3. The van der Waals surface area contributed by atoms with Crippen molar-refractivity contribution in [2.24, 2.45) is 0 Å². The summed E-state index contributed by atoms with van der Waals surface area (Å²) >= 11 is 0. The summed E-state index contributed by atoms with van der Waals surface area (Å²) in [6.45, 7) is 4.63. The monoisotopic (exact) mass is 320 g/mol. The van der Waals surface area contributed by atoms with Gasteiger partial charge >= 0.3 is 140 Å². The van der Waals surface area contributed by atoms with E-state index in [1.807, 2.05) is 0 Å². The second-order valence-electron chi connectivity index (χ2n) is 6.00. The van der Waals surface area contributed by atoms with Crippen LogP contribution in [0.3, 0.4) is 0 Å². The third kappa shape index (κ3) is 2.84. The van der Waals surface area contributed by atoms with Gasteiger partial charge in [0.15, 0.2) is 0 Å². The van der Waals surface area contributed by atoms with E-state index in [9.17, 15) is 0 Å². The van der Waals surface area contributed by atoms with Crippen LogP contribution in [0.1, 0.15) is 19.4 Å². The van der Waals surface area contributed by atoms with Gasteiger partial charge in [-0.2, -0.15) is 0 Å². The Morgan fingerprint density at radius 1 is 0.609 bits per heavy atom. The summed E-state index contributed by atoms with van der Waals surface area (Å²) < 4.78 is 0. The van der Waals surface area contributed by atoms with Crippen molar-refractivity contribution in [1.82, 2.24) is 0 Å². The summed E-state index contributed by atoms with van der Waals surface area (Å²) in [5.41, 5.74) is 1.49. The van der Waals surface area contributed by atoms with Crippen LogP contribution in [0.2, 0.25) is 0 Å². The molecule has 23 heavy (non-hydrogen) atoms. The number of rotatable bonds is 5. The minimum atomic E-state index is -1.96. The first kappa shape index (κ1) is 16.0. The average Bonchev–Trinajstić information content (AvgIpc) is 2.65. The van der Waals surface area contributed by atoms with Crippen LogP contribution in [-0.4, -0.2) is 6.16 Å². The van der Waals surface area contributed by atoms with Crippen molar-refractivity contribution in [3.05, 3.63) is 90.5 Å². The van der Waals surface area contributed by atoms with Crippen LogP contribution >= 0.6 is 7.26 Å². The van der Waals surface area contributed by atoms with Gasteiger partial charge in [-0.1, -0.05) is 0 Å². The van der Waals surface area contributed by atoms with Crippen LogP contribution < -0.4 is 15.9 Å². The third-order valence-corrected chi connectivity index (χ3v) is 10.0. The molecule has 0 aromatic heterocycles. The molecular formula is C22H25P. The molecule has 0 unspecified atom stereocenters. The van der Waals surface area contributed by atoms with Crippen LogP contribution in [0.25, 0.3) is 0 Å². The molecular weight excluding hydrogens is 295 g/mol. The number of hydrogen-bond acceptors (Lipinski definition) is 0. The number of benzene rings is 3. The van der Waals surface area contributed by atoms with Crippen LogP contribution in [-0.2, 0) is 6.42 Å². The fourth-order valence-electron chi connectivity index (χ4n) is 3.77. The Morgan fingerprint density at radius 2 is 1.09 bits per heavy atom. The van der Waals surface area contributed by atoms with Gasteiger partial charge in [0.2, 0.25) is 0 Å². The standard InChI is InChI=1S/C22H25P/c1-3-19-13-11-12-18-22(19)23(4-2,20-14-7-5-8-15-20)21-16-9-6-10-17-21/h5-18,23H,3-4H2,1-2H3. The van der Waals surface area contributed by atoms with E-state index in [0.29, 0.717) is 0 Å². The first-order valence-electron chi connectivity index (χ1n) is 8.52. The Kier molecular flexibility index (Phi) is 4.94. The number of aryl methyl sites for hydroxylation is 1. The maximum atomic E-state index is 2.37. The third-order valence-electron chi connectivity index (χ3n) is 4.92. The van der Waals surface area contributed by atoms with E-state index < -0.39 is 7.26 Å². The Morgan fingerprint density at radius 3 is 1.57 bits per heavy atom. The van der Waals surface area contributed by atoms with Crippen molar-refractivity contribution in [2.45, 2.75) is 20.3 Å². The molecule has 0 aliphatic carbocycles. The van der Waals surface area contributed by atoms with Crippen molar-refractivity contribution in [3.8, 4) is 0 Å². The van der Waals surface area contributed by atoms with Crippen LogP contribution in [0, 0.1) is 0 Å². The van der Waals surface area contributed by atoms with E-state index in [-0.39, 0.29) is 0 Å². The Labute approximate surface area is 140 Å². The van der Waals surface area contributed by atoms with Gasteiger partial charge in [-0.15, -0.1) is 0 Å². The predicted molar refractivity (Wildman–Crippen MR) is 106 cm³/mol. The summed E-state index contributed by atoms with van der Waals surface area (Å²) in [4.78, 5) is 0. The normalized spacial score (nSPS) is 12.1. The van der Waals surface area contributed by atoms with E-state index in [0.717, 1.165) is 6.42 Å². The Balaban J connectivity index is 2.34. The SMILES string of the molecule is CCc1ccccc1[PH](CC)(c1ccccc1)c1ccccc1. The molecule has 0 saturated heterocycles. The molecule has 118 valence electrons. The predicted octanol–water partition coefficient (Wildman–Crippen LogP) is 4.30. The first-order valence-corrected chi connectivity index (χ1v) is 10.7. The molecule has 3 aromatic rings. The zero-order valence-electron chi connectivity index (χ0n) is 14.0. The molecule has 0 atom stereocenters. The van der Waals surface area contributed by atoms with Crippen molar-refractivity contribution < 1.29 is 0 Å². The van der Waals surface area contributed by atoms with E-state index in [1.54, 1.807) is 5.30 Å². The van der Waals surface area contributed by atoms with Crippen molar-refractivity contribution >= 4 is 23.2 Å². The molecule has 0 aliphatic heterocycles. The summed E-state index contributed by atoms with van der Waals surface area (Å²) in [5.74, 6) is 0. The fraction of sp³-hybridized carbons (Fsp3) is 0.182. The topological polar surface area (TPSA) is 0 Å². The van der Waals surface area contributed by atoms with Gasteiger partial charge in [0.1, 0.15) is 0 Å². The van der Waals surface area contributed by atoms with Gasteiger partial charge < -0.3 is 0 Å². The van der Waals surface area contributed by atoms with E-state index in [1.165, 1.54) is 22.3 Å². The van der Waals surface area contributed by atoms with Gasteiger partial charge in [0, 0.05) is 0 Å². The molecule has 1 heteroatoms. The summed E-state index contributed by atoms with van der Waals surface area (Å²) in [5, 5.41) is 4.59. The minimum absolute atomic E-state index is 1.09. The molecule has 0 spiro atoms. The van der Waals surface area contributed by atoms with Gasteiger partial charge in [0.25, 0.3) is 0 Å². The van der Waals surface area contributed by atoms with E-state index in [4.69, 9.17) is 0 Å². The maximum absolute atomic E-state index is 2.37. The number of hydrogen-bond donors (Lipinski definition) is 0. The molecule has 0 heterocycles. The Bertz CT molecular complexity index is 708. The van der Waals surface area contributed by atoms with E-state index in [2.05, 4.69) is 98.8 Å². The second-order valence-corrected chi connectivity index (χ2v) is 10.2. The fourth-order valence-corrected chi connectivity index (χ4v) is 8.63.